The molecule has 1 unspecified atom stereocenters. The Morgan fingerprint density at radius 1 is 0.963 bits per heavy atom. The molecule has 0 fully saturated rings. The molecule has 5 nitrogen and oxygen atoms in total. The lowest BCUT2D eigenvalue weighted by molar-refractivity contribution is -0.146. The Morgan fingerprint density at radius 2 is 1.63 bits per heavy atom. The van der Waals surface area contributed by atoms with Gasteiger partial charge in [0.15, 0.2) is 0 Å². The fourth-order valence-electron chi connectivity index (χ4n) is 2.87. The fourth-order valence-corrected chi connectivity index (χ4v) is 2.87. The van der Waals surface area contributed by atoms with Crippen LogP contribution in [0.3, 0.4) is 0 Å². The highest BCUT2D eigenvalue weighted by molar-refractivity contribution is 5.78. The highest BCUT2D eigenvalue weighted by atomic mass is 16.5. The Balaban J connectivity index is 2.07. The number of rotatable bonds is 9. The second-order valence-corrected chi connectivity index (χ2v) is 6.53. The van der Waals surface area contributed by atoms with Crippen LogP contribution in [0.5, 0.6) is 5.75 Å². The number of ether oxygens (including phenoxy) is 2. The SMILES string of the molecule is COC(=O)C(C)CN(Cc1ccc(OC)cc1)C(=O)CCc1ccccc1. The molecule has 0 aliphatic carbocycles. The van der Waals surface area contributed by atoms with Gasteiger partial charge in [-0.15, -0.1) is 0 Å². The molecule has 5 heteroatoms. The van der Waals surface area contributed by atoms with Gasteiger partial charge in [0, 0.05) is 19.5 Å². The van der Waals surface area contributed by atoms with Gasteiger partial charge in [0.2, 0.25) is 5.91 Å². The molecule has 0 heterocycles. The molecule has 27 heavy (non-hydrogen) atoms. The van der Waals surface area contributed by atoms with Crippen molar-refractivity contribution in [1.82, 2.24) is 4.90 Å². The molecule has 0 aromatic heterocycles. The van der Waals surface area contributed by atoms with E-state index in [1.165, 1.54) is 7.11 Å². The summed E-state index contributed by atoms with van der Waals surface area (Å²) in [6.07, 6.45) is 1.07. The number of hydrogen-bond acceptors (Lipinski definition) is 4. The van der Waals surface area contributed by atoms with E-state index in [0.29, 0.717) is 25.9 Å². The fraction of sp³-hybridized carbons (Fsp3) is 0.364. The van der Waals surface area contributed by atoms with Gasteiger partial charge in [0.25, 0.3) is 0 Å². The maximum Gasteiger partial charge on any atom is 0.310 e. The van der Waals surface area contributed by atoms with Crippen LogP contribution < -0.4 is 4.74 Å². The lowest BCUT2D eigenvalue weighted by Crippen LogP contribution is -2.37. The van der Waals surface area contributed by atoms with Crippen LogP contribution in [0.15, 0.2) is 54.6 Å². The minimum atomic E-state index is -0.381. The minimum absolute atomic E-state index is 0.0189. The summed E-state index contributed by atoms with van der Waals surface area (Å²) >= 11 is 0. The Hall–Kier alpha value is -2.82. The van der Waals surface area contributed by atoms with Crippen molar-refractivity contribution >= 4 is 11.9 Å². The molecule has 0 saturated carbocycles. The quantitative estimate of drug-likeness (QED) is 0.635. The number of carbonyl (C=O) groups excluding carboxylic acids is 2. The molecule has 0 saturated heterocycles. The zero-order valence-electron chi connectivity index (χ0n) is 16.2. The molecule has 144 valence electrons. The predicted molar refractivity (Wildman–Crippen MR) is 104 cm³/mol. The Bertz CT molecular complexity index is 728. The summed E-state index contributed by atoms with van der Waals surface area (Å²) < 4.78 is 9.99. The first kappa shape index (κ1) is 20.5. The molecule has 2 rings (SSSR count). The normalized spacial score (nSPS) is 11.5. The van der Waals surface area contributed by atoms with Crippen molar-refractivity contribution in [2.24, 2.45) is 5.92 Å². The van der Waals surface area contributed by atoms with Gasteiger partial charge in [-0.1, -0.05) is 49.4 Å². The zero-order valence-corrected chi connectivity index (χ0v) is 16.2. The maximum absolute atomic E-state index is 12.8. The van der Waals surface area contributed by atoms with E-state index in [1.807, 2.05) is 54.6 Å². The van der Waals surface area contributed by atoms with Crippen LogP contribution in [0.4, 0.5) is 0 Å². The molecule has 1 amide bonds. The number of hydrogen-bond donors (Lipinski definition) is 0. The predicted octanol–water partition coefficient (Wildman–Crippen LogP) is 3.47. The van der Waals surface area contributed by atoms with Gasteiger partial charge in [-0.3, -0.25) is 9.59 Å². The summed E-state index contributed by atoms with van der Waals surface area (Å²) in [5.41, 5.74) is 2.11. The molecule has 0 N–H and O–H groups in total. The van der Waals surface area contributed by atoms with E-state index in [4.69, 9.17) is 9.47 Å². The summed E-state index contributed by atoms with van der Waals surface area (Å²) in [7, 11) is 2.98. The van der Waals surface area contributed by atoms with Crippen molar-refractivity contribution in [2.45, 2.75) is 26.3 Å². The first-order valence-electron chi connectivity index (χ1n) is 9.06. The first-order valence-corrected chi connectivity index (χ1v) is 9.06. The summed E-state index contributed by atoms with van der Waals surface area (Å²) in [6.45, 7) is 2.54. The molecule has 0 radical (unpaired) electrons. The summed E-state index contributed by atoms with van der Waals surface area (Å²) in [5.74, 6) is 0.0913. The van der Waals surface area contributed by atoms with E-state index in [-0.39, 0.29) is 17.8 Å². The van der Waals surface area contributed by atoms with Crippen molar-refractivity contribution in [3.8, 4) is 5.75 Å². The number of aryl methyl sites for hydroxylation is 1. The average Bonchev–Trinajstić information content (AvgIpc) is 2.72. The van der Waals surface area contributed by atoms with Gasteiger partial charge in [-0.2, -0.15) is 0 Å². The summed E-state index contributed by atoms with van der Waals surface area (Å²) in [5, 5.41) is 0. The Labute approximate surface area is 160 Å². The lowest BCUT2D eigenvalue weighted by Gasteiger charge is -2.25. The molecule has 1 atom stereocenters. The summed E-state index contributed by atoms with van der Waals surface area (Å²) in [6, 6.07) is 17.5. The minimum Gasteiger partial charge on any atom is -0.497 e. The average molecular weight is 369 g/mol. The molecule has 0 spiro atoms. The van der Waals surface area contributed by atoms with Crippen LogP contribution in [0, 0.1) is 5.92 Å². The van der Waals surface area contributed by atoms with Crippen molar-refractivity contribution in [2.75, 3.05) is 20.8 Å². The van der Waals surface area contributed by atoms with Crippen molar-refractivity contribution in [1.29, 1.82) is 0 Å². The number of benzene rings is 2. The van der Waals surface area contributed by atoms with E-state index >= 15 is 0 Å². The first-order chi connectivity index (χ1) is 13.0. The van der Waals surface area contributed by atoms with Gasteiger partial charge in [0.05, 0.1) is 20.1 Å². The third-order valence-corrected chi connectivity index (χ3v) is 4.45. The van der Waals surface area contributed by atoms with Crippen molar-refractivity contribution < 1.29 is 19.1 Å². The number of amides is 1. The Kier molecular flexibility index (Phi) is 7.86. The molecular weight excluding hydrogens is 342 g/mol. The van der Waals surface area contributed by atoms with E-state index in [9.17, 15) is 9.59 Å². The van der Waals surface area contributed by atoms with Crippen LogP contribution in [0.25, 0.3) is 0 Å². The van der Waals surface area contributed by atoms with Crippen molar-refractivity contribution in [3.63, 3.8) is 0 Å². The highest BCUT2D eigenvalue weighted by Gasteiger charge is 2.21. The third kappa shape index (κ3) is 6.44. The van der Waals surface area contributed by atoms with Crippen LogP contribution in [-0.2, 0) is 27.3 Å². The standard InChI is InChI=1S/C22H27NO4/c1-17(22(25)27-3)15-23(16-19-9-12-20(26-2)13-10-19)21(24)14-11-18-7-5-4-6-8-18/h4-10,12-13,17H,11,14-16H2,1-3H3. The second kappa shape index (κ2) is 10.4. The van der Waals surface area contributed by atoms with Crippen molar-refractivity contribution in [3.05, 3.63) is 65.7 Å². The Morgan fingerprint density at radius 3 is 2.22 bits per heavy atom. The molecule has 0 aliphatic rings. The van der Waals surface area contributed by atoms with Crippen LogP contribution in [0.1, 0.15) is 24.5 Å². The zero-order chi connectivity index (χ0) is 19.6. The lowest BCUT2D eigenvalue weighted by atomic mass is 10.1. The van der Waals surface area contributed by atoms with E-state index in [0.717, 1.165) is 16.9 Å². The molecule has 2 aromatic rings. The largest absolute Gasteiger partial charge is 0.497 e. The number of methoxy groups -OCH3 is 2. The van der Waals surface area contributed by atoms with Gasteiger partial charge in [-0.25, -0.2) is 0 Å². The van der Waals surface area contributed by atoms with Gasteiger partial charge in [0.1, 0.15) is 5.75 Å². The van der Waals surface area contributed by atoms with Gasteiger partial charge < -0.3 is 14.4 Å². The molecule has 0 bridgehead atoms. The monoisotopic (exact) mass is 369 g/mol. The van der Waals surface area contributed by atoms with Gasteiger partial charge >= 0.3 is 5.97 Å². The van der Waals surface area contributed by atoms with E-state index < -0.39 is 0 Å². The number of nitrogens with zero attached hydrogens (tertiary/aromatic N) is 1. The molecule has 0 aliphatic heterocycles. The van der Waals surface area contributed by atoms with Crippen LogP contribution >= 0.6 is 0 Å². The second-order valence-electron chi connectivity index (χ2n) is 6.53. The van der Waals surface area contributed by atoms with E-state index in [1.54, 1.807) is 18.9 Å². The van der Waals surface area contributed by atoms with E-state index in [2.05, 4.69) is 0 Å². The summed E-state index contributed by atoms with van der Waals surface area (Å²) in [4.78, 5) is 26.4. The number of esters is 1. The maximum atomic E-state index is 12.8. The number of carbonyl (C=O) groups is 2. The topological polar surface area (TPSA) is 55.8 Å². The molecule has 2 aromatic carbocycles. The van der Waals surface area contributed by atoms with Gasteiger partial charge in [-0.05, 0) is 29.7 Å². The highest BCUT2D eigenvalue weighted by Crippen LogP contribution is 2.16. The smallest absolute Gasteiger partial charge is 0.310 e. The van der Waals surface area contributed by atoms with Crippen LogP contribution in [0.2, 0.25) is 0 Å². The molecular formula is C22H27NO4. The van der Waals surface area contributed by atoms with Crippen LogP contribution in [-0.4, -0.2) is 37.5 Å². The third-order valence-electron chi connectivity index (χ3n) is 4.45.